The molecule has 0 aliphatic carbocycles. The fourth-order valence-electron chi connectivity index (χ4n) is 3.29. The van der Waals surface area contributed by atoms with Crippen LogP contribution >= 0.6 is 141 Å². The molecule has 0 N–H and O–H groups in total. The highest BCUT2D eigenvalue weighted by atomic mass is 127. The first-order valence-electron chi connectivity index (χ1n) is 11.1. The van der Waals surface area contributed by atoms with Crippen LogP contribution in [0.1, 0.15) is 27.6 Å². The average Bonchev–Trinajstić information content (AvgIpc) is 2.83. The molecule has 0 aromatic heterocycles. The summed E-state index contributed by atoms with van der Waals surface area (Å²) in [5.41, 5.74) is -1.44. The lowest BCUT2D eigenvalue weighted by Crippen LogP contribution is -2.42. The van der Waals surface area contributed by atoms with E-state index in [-0.39, 0.29) is 24.0 Å². The van der Waals surface area contributed by atoms with Gasteiger partial charge in [0.15, 0.2) is 0 Å². The smallest absolute Gasteiger partial charge is 0.340 e. The normalized spacial score (nSPS) is 11.7. The fourth-order valence-corrected chi connectivity index (χ4v) is 12.4. The molecule has 0 amide bonds. The van der Waals surface area contributed by atoms with Crippen LogP contribution in [0.4, 0.5) is 0 Å². The third-order valence-electron chi connectivity index (χ3n) is 5.39. The molecule has 0 radical (unpaired) electrons. The molecule has 0 atom stereocenters. The minimum Gasteiger partial charge on any atom is -0.744 e. The van der Waals surface area contributed by atoms with Gasteiger partial charge in [-0.15, -0.1) is 0 Å². The molecule has 18 heteroatoms. The summed E-state index contributed by atoms with van der Waals surface area (Å²) >= 11 is 23.2. The Balaban J connectivity index is 1.93. The van der Waals surface area contributed by atoms with E-state index in [4.69, 9.17) is 14.2 Å². The van der Waals surface area contributed by atoms with E-state index in [1.807, 2.05) is 0 Å². The molecule has 0 unspecified atom stereocenters. The summed E-state index contributed by atoms with van der Waals surface area (Å²) in [5, 5.41) is 0. The molecular weight excluding hydrogens is 1210 g/mol. The fraction of sp³-hybridized carbons (Fsp3) is 0.160. The van der Waals surface area contributed by atoms with Gasteiger partial charge in [0.05, 0.1) is 16.0 Å². The molecule has 3 aromatic rings. The number of carbonyl (C=O) groups is 3. The number of hydrogen-bond acceptors (Lipinski definition) is 9. The van der Waals surface area contributed by atoms with Gasteiger partial charge in [-0.25, -0.2) is 18.0 Å². The molecule has 0 saturated heterocycles. The van der Waals surface area contributed by atoms with Gasteiger partial charge in [0.2, 0.25) is 0 Å². The molecule has 230 valence electrons. The average molecular weight is 1220 g/mol. The van der Waals surface area contributed by atoms with E-state index in [0.717, 1.165) is 0 Å². The second-order valence-corrected chi connectivity index (χ2v) is 17.7. The van der Waals surface area contributed by atoms with Gasteiger partial charge in [0.1, 0.15) is 34.5 Å². The Morgan fingerprint density at radius 1 is 0.744 bits per heavy atom. The van der Waals surface area contributed by atoms with Crippen LogP contribution in [-0.4, -0.2) is 44.1 Å². The predicted octanol–water partition coefficient (Wildman–Crippen LogP) is 9.00. The monoisotopic (exact) mass is 1220 g/mol. The number of benzene rings is 3. The van der Waals surface area contributed by atoms with Gasteiger partial charge in [-0.3, -0.25) is 4.79 Å². The molecule has 0 aliphatic rings. The molecule has 0 bridgehead atoms. The minimum atomic E-state index is -4.79. The van der Waals surface area contributed by atoms with E-state index in [1.54, 1.807) is 69.4 Å². The number of rotatable bonds is 9. The van der Waals surface area contributed by atoms with Crippen LogP contribution in [0, 0.1) is 12.6 Å². The quantitative estimate of drug-likeness (QED) is 0.0891. The first-order chi connectivity index (χ1) is 19.8. The Morgan fingerprint density at radius 3 is 1.42 bits per heavy atom. The Labute approximate surface area is 323 Å². The number of halogens is 8. The number of carbonyl (C=O) groups excluding carboxylic acids is 3. The van der Waals surface area contributed by atoms with Gasteiger partial charge in [0.25, 0.3) is 0 Å². The van der Waals surface area contributed by atoms with Gasteiger partial charge >= 0.3 is 17.9 Å². The van der Waals surface area contributed by atoms with E-state index in [0.29, 0.717) is 26.8 Å². The molecule has 43 heavy (non-hydrogen) atoms. The van der Waals surface area contributed by atoms with Gasteiger partial charge in [-0.1, -0.05) is 31.9 Å². The number of hydrogen-bond donors (Lipinski definition) is 0. The predicted molar refractivity (Wildman–Crippen MR) is 193 cm³/mol. The Bertz CT molecular complexity index is 1610. The van der Waals surface area contributed by atoms with Crippen LogP contribution in [0.2, 0.25) is 0 Å². The largest absolute Gasteiger partial charge is 0.744 e. The number of esters is 3. The highest BCUT2D eigenvalue weighted by Gasteiger charge is 2.40. The van der Waals surface area contributed by atoms with Gasteiger partial charge in [-0.05, 0) is 152 Å². The zero-order valence-corrected chi connectivity index (χ0v) is 35.6. The third-order valence-corrected chi connectivity index (χ3v) is 12.2. The molecule has 0 aliphatic heterocycles. The van der Waals surface area contributed by atoms with Crippen LogP contribution in [0.25, 0.3) is 0 Å². The lowest BCUT2D eigenvalue weighted by atomic mass is 9.93. The van der Waals surface area contributed by atoms with Crippen LogP contribution in [0.5, 0.6) is 5.75 Å². The van der Waals surface area contributed by atoms with Gasteiger partial charge in [-0.2, -0.15) is 0 Å². The second-order valence-electron chi connectivity index (χ2n) is 8.76. The Kier molecular flexibility index (Phi) is 13.6. The second kappa shape index (κ2) is 15.5. The van der Waals surface area contributed by atoms with Crippen LogP contribution in [0.15, 0.2) is 68.1 Å². The summed E-state index contributed by atoms with van der Waals surface area (Å²) in [4.78, 5) is 39.2. The van der Waals surface area contributed by atoms with E-state index in [2.05, 4.69) is 95.6 Å². The maximum atomic E-state index is 13.6. The van der Waals surface area contributed by atoms with Gasteiger partial charge < -0.3 is 18.8 Å². The zero-order valence-electron chi connectivity index (χ0n) is 21.0. The molecule has 0 spiro atoms. The standard InChI is InChI=1S/C25H14Br6I2O9S/c1-25(8-40-22(34)19-13(28)2-10(26)3-14(19)29,9-41-23(35)20-15(30)4-11(27)5-16(20)31)24(36)42-12-6-17(32)21(18(33)7-12)43(37,38)39/h2-7H,8-9H2,1H3,(H,37,38,39)/p-1. The topological polar surface area (TPSA) is 136 Å². The zero-order chi connectivity index (χ0) is 32.4. The van der Waals surface area contributed by atoms with Crippen molar-refractivity contribution in [1.82, 2.24) is 0 Å². The lowest BCUT2D eigenvalue weighted by molar-refractivity contribution is -0.150. The highest BCUT2D eigenvalue weighted by molar-refractivity contribution is 14.1. The maximum absolute atomic E-state index is 13.6. The van der Waals surface area contributed by atoms with Crippen molar-refractivity contribution in [2.75, 3.05) is 13.2 Å². The van der Waals surface area contributed by atoms with Crippen molar-refractivity contribution in [3.8, 4) is 5.75 Å². The van der Waals surface area contributed by atoms with E-state index >= 15 is 0 Å². The van der Waals surface area contributed by atoms with Crippen molar-refractivity contribution in [2.45, 2.75) is 11.8 Å². The van der Waals surface area contributed by atoms with Crippen molar-refractivity contribution in [2.24, 2.45) is 5.41 Å². The van der Waals surface area contributed by atoms with Crippen molar-refractivity contribution in [3.05, 3.63) is 81.5 Å². The summed E-state index contributed by atoms with van der Waals surface area (Å²) in [6.45, 7) is 0.229. The Morgan fingerprint density at radius 2 is 1.09 bits per heavy atom. The molecule has 3 aromatic carbocycles. The lowest BCUT2D eigenvalue weighted by Gasteiger charge is -2.27. The van der Waals surface area contributed by atoms with Crippen LogP contribution in [-0.2, 0) is 24.4 Å². The third kappa shape index (κ3) is 9.68. The van der Waals surface area contributed by atoms with Crippen molar-refractivity contribution < 1.29 is 41.6 Å². The molecule has 0 saturated carbocycles. The SMILES string of the molecule is CC(COC(=O)c1c(Br)cc(Br)cc1Br)(COC(=O)c1c(Br)cc(Br)cc1Br)C(=O)Oc1cc(I)c(S(=O)(=O)[O-])c(I)c1. The minimum absolute atomic E-state index is 0.0386. The summed E-state index contributed by atoms with van der Waals surface area (Å²) in [6.07, 6.45) is 0. The first kappa shape index (κ1) is 37.8. The van der Waals surface area contributed by atoms with E-state index in [9.17, 15) is 27.4 Å². The van der Waals surface area contributed by atoms with E-state index in [1.165, 1.54) is 19.1 Å². The molecule has 3 rings (SSSR count). The van der Waals surface area contributed by atoms with E-state index < -0.39 is 51.6 Å². The summed E-state index contributed by atoms with van der Waals surface area (Å²) in [5.74, 6) is -2.61. The van der Waals surface area contributed by atoms with Crippen molar-refractivity contribution in [1.29, 1.82) is 0 Å². The van der Waals surface area contributed by atoms with Gasteiger partial charge in [0, 0.05) is 34.0 Å². The van der Waals surface area contributed by atoms with Crippen molar-refractivity contribution >= 4 is 169 Å². The summed E-state index contributed by atoms with van der Waals surface area (Å²) in [7, 11) is -4.79. The molecule has 9 nitrogen and oxygen atoms in total. The first-order valence-corrected chi connectivity index (χ1v) is 19.5. The Hall–Kier alpha value is 0.320. The summed E-state index contributed by atoms with van der Waals surface area (Å²) < 4.78 is 54.6. The van der Waals surface area contributed by atoms with Crippen LogP contribution in [0.3, 0.4) is 0 Å². The molecule has 0 fully saturated rings. The molecular formula is C25H13Br6I2O9S-. The summed E-state index contributed by atoms with van der Waals surface area (Å²) in [6, 6.07) is 8.96. The highest BCUT2D eigenvalue weighted by Crippen LogP contribution is 2.34. The molecule has 0 heterocycles. The van der Waals surface area contributed by atoms with Crippen LogP contribution < -0.4 is 4.74 Å². The maximum Gasteiger partial charge on any atom is 0.340 e. The van der Waals surface area contributed by atoms with Crippen molar-refractivity contribution in [3.63, 3.8) is 0 Å². The number of ether oxygens (including phenoxy) is 3.